The van der Waals surface area contributed by atoms with Gasteiger partial charge in [-0.15, -0.1) is 0 Å². The molecule has 1 rings (SSSR count). The summed E-state index contributed by atoms with van der Waals surface area (Å²) in [5.41, 5.74) is 2.59. The van der Waals surface area contributed by atoms with Crippen LogP contribution in [0.3, 0.4) is 0 Å². The molecule has 0 spiro atoms. The molecule has 0 saturated heterocycles. The van der Waals surface area contributed by atoms with Gasteiger partial charge in [0, 0.05) is 6.04 Å². The molecule has 1 amide bonds. The Bertz CT molecular complexity index is 341. The van der Waals surface area contributed by atoms with Gasteiger partial charge in [0.05, 0.1) is 12.4 Å². The fourth-order valence-corrected chi connectivity index (χ4v) is 0.945. The number of hydrazine groups is 1. The van der Waals surface area contributed by atoms with Crippen molar-refractivity contribution in [2.75, 3.05) is 5.43 Å². The summed E-state index contributed by atoms with van der Waals surface area (Å²) in [7, 11) is 0. The highest BCUT2D eigenvalue weighted by Crippen LogP contribution is 2.00. The van der Waals surface area contributed by atoms with Crippen LogP contribution in [0.2, 0.25) is 0 Å². The first kappa shape index (κ1) is 11.4. The zero-order valence-electron chi connectivity index (χ0n) is 8.82. The van der Waals surface area contributed by atoms with Crippen molar-refractivity contribution in [2.45, 2.75) is 26.3 Å². The topological polar surface area (TPSA) is 92.9 Å². The molecule has 0 radical (unpaired) electrons. The van der Waals surface area contributed by atoms with Crippen molar-refractivity contribution in [3.63, 3.8) is 0 Å². The number of amides is 1. The number of nitrogens with one attached hydrogen (secondary N) is 2. The summed E-state index contributed by atoms with van der Waals surface area (Å²) in [5.74, 6) is 5.29. The van der Waals surface area contributed by atoms with Crippen LogP contribution in [0.5, 0.6) is 0 Å². The molecule has 1 aromatic heterocycles. The van der Waals surface area contributed by atoms with E-state index in [9.17, 15) is 4.79 Å². The normalized spacial score (nSPS) is 11.9. The first-order valence-corrected chi connectivity index (χ1v) is 4.77. The van der Waals surface area contributed by atoms with Crippen molar-refractivity contribution in [3.8, 4) is 0 Å². The van der Waals surface area contributed by atoms with Crippen LogP contribution in [0.4, 0.5) is 5.82 Å². The van der Waals surface area contributed by atoms with Crippen LogP contribution in [-0.4, -0.2) is 21.9 Å². The Morgan fingerprint density at radius 2 is 2.33 bits per heavy atom. The van der Waals surface area contributed by atoms with Crippen molar-refractivity contribution >= 4 is 11.7 Å². The van der Waals surface area contributed by atoms with Gasteiger partial charge in [-0.2, -0.15) is 0 Å². The molecule has 1 aromatic rings. The molecule has 1 unspecified atom stereocenters. The second-order valence-electron chi connectivity index (χ2n) is 3.22. The second kappa shape index (κ2) is 5.26. The summed E-state index contributed by atoms with van der Waals surface area (Å²) >= 11 is 0. The van der Waals surface area contributed by atoms with Gasteiger partial charge in [-0.1, -0.05) is 6.92 Å². The number of carbonyl (C=O) groups is 1. The van der Waals surface area contributed by atoms with Gasteiger partial charge in [0.25, 0.3) is 5.91 Å². The average Bonchev–Trinajstić information content (AvgIpc) is 2.28. The lowest BCUT2D eigenvalue weighted by Gasteiger charge is -2.10. The Kier molecular flexibility index (Phi) is 3.99. The molecule has 6 nitrogen and oxygen atoms in total. The quantitative estimate of drug-likeness (QED) is 0.489. The number of hydrogen-bond donors (Lipinski definition) is 3. The third-order valence-corrected chi connectivity index (χ3v) is 2.00. The van der Waals surface area contributed by atoms with E-state index >= 15 is 0 Å². The third-order valence-electron chi connectivity index (χ3n) is 2.00. The first-order valence-electron chi connectivity index (χ1n) is 4.77. The second-order valence-corrected chi connectivity index (χ2v) is 3.22. The average molecular weight is 209 g/mol. The van der Waals surface area contributed by atoms with Gasteiger partial charge in [0.1, 0.15) is 5.69 Å². The molecule has 0 aliphatic rings. The summed E-state index contributed by atoms with van der Waals surface area (Å²) in [6, 6.07) is 0.119. The molecule has 0 saturated carbocycles. The number of aromatic nitrogens is 2. The lowest BCUT2D eigenvalue weighted by Crippen LogP contribution is -2.32. The summed E-state index contributed by atoms with van der Waals surface area (Å²) in [4.78, 5) is 19.4. The molecular formula is C9H15N5O. The van der Waals surface area contributed by atoms with Crippen LogP contribution in [0, 0.1) is 0 Å². The van der Waals surface area contributed by atoms with Crippen LogP contribution in [0.25, 0.3) is 0 Å². The van der Waals surface area contributed by atoms with Gasteiger partial charge in [-0.25, -0.2) is 10.8 Å². The van der Waals surface area contributed by atoms with Crippen LogP contribution in [0.15, 0.2) is 12.4 Å². The SMILES string of the molecule is CCC(C)NC(=O)c1cncc(NN)n1. The molecule has 15 heavy (non-hydrogen) atoms. The smallest absolute Gasteiger partial charge is 0.271 e. The minimum atomic E-state index is -0.242. The largest absolute Gasteiger partial charge is 0.348 e. The van der Waals surface area contributed by atoms with E-state index in [0.717, 1.165) is 6.42 Å². The molecule has 0 aliphatic heterocycles. The predicted octanol–water partition coefficient (Wildman–Crippen LogP) is 0.290. The Morgan fingerprint density at radius 3 is 2.93 bits per heavy atom. The molecular weight excluding hydrogens is 194 g/mol. The lowest BCUT2D eigenvalue weighted by atomic mass is 10.2. The van der Waals surface area contributed by atoms with E-state index in [2.05, 4.69) is 20.7 Å². The lowest BCUT2D eigenvalue weighted by molar-refractivity contribution is 0.0934. The number of rotatable bonds is 4. The molecule has 6 heteroatoms. The Morgan fingerprint density at radius 1 is 1.60 bits per heavy atom. The number of anilines is 1. The zero-order valence-corrected chi connectivity index (χ0v) is 8.82. The number of nitrogen functional groups attached to an aromatic ring is 1. The zero-order chi connectivity index (χ0) is 11.3. The van der Waals surface area contributed by atoms with Crippen molar-refractivity contribution < 1.29 is 4.79 Å². The summed E-state index contributed by atoms with van der Waals surface area (Å²) in [6.45, 7) is 3.92. The van der Waals surface area contributed by atoms with Crippen LogP contribution >= 0.6 is 0 Å². The monoisotopic (exact) mass is 209 g/mol. The maximum atomic E-state index is 11.6. The minimum Gasteiger partial charge on any atom is -0.348 e. The van der Waals surface area contributed by atoms with Crippen LogP contribution in [-0.2, 0) is 0 Å². The summed E-state index contributed by atoms with van der Waals surface area (Å²) in [6.07, 6.45) is 3.71. The van der Waals surface area contributed by atoms with Crippen molar-refractivity contribution in [3.05, 3.63) is 18.1 Å². The number of nitrogens with zero attached hydrogens (tertiary/aromatic N) is 2. The van der Waals surface area contributed by atoms with Gasteiger partial charge in [0.2, 0.25) is 0 Å². The summed E-state index contributed by atoms with van der Waals surface area (Å²) in [5, 5.41) is 2.79. The van der Waals surface area contributed by atoms with Gasteiger partial charge >= 0.3 is 0 Å². The third kappa shape index (κ3) is 3.17. The maximum absolute atomic E-state index is 11.6. The standard InChI is InChI=1S/C9H15N5O/c1-3-6(2)12-9(15)7-4-11-5-8(13-7)14-10/h4-6H,3,10H2,1-2H3,(H,12,15)(H,13,14). The van der Waals surface area contributed by atoms with E-state index in [1.54, 1.807) is 0 Å². The summed E-state index contributed by atoms with van der Waals surface area (Å²) < 4.78 is 0. The Labute approximate surface area is 88.3 Å². The van der Waals surface area contributed by atoms with Gasteiger partial charge in [-0.3, -0.25) is 9.78 Å². The van der Waals surface area contributed by atoms with Gasteiger partial charge < -0.3 is 10.7 Å². The molecule has 0 aliphatic carbocycles. The molecule has 82 valence electrons. The highest BCUT2D eigenvalue weighted by molar-refractivity contribution is 5.92. The van der Waals surface area contributed by atoms with E-state index in [4.69, 9.17) is 5.84 Å². The van der Waals surface area contributed by atoms with Crippen LogP contribution < -0.4 is 16.6 Å². The van der Waals surface area contributed by atoms with Crippen molar-refractivity contribution in [1.29, 1.82) is 0 Å². The van der Waals surface area contributed by atoms with Crippen LogP contribution in [0.1, 0.15) is 30.8 Å². The highest BCUT2D eigenvalue weighted by Gasteiger charge is 2.10. The number of hydrogen-bond acceptors (Lipinski definition) is 5. The molecule has 0 aromatic carbocycles. The fourth-order valence-electron chi connectivity index (χ4n) is 0.945. The Balaban J connectivity index is 2.73. The number of carbonyl (C=O) groups excluding carboxylic acids is 1. The van der Waals surface area contributed by atoms with E-state index in [1.165, 1.54) is 12.4 Å². The fraction of sp³-hybridized carbons (Fsp3) is 0.444. The van der Waals surface area contributed by atoms with Crippen molar-refractivity contribution in [2.24, 2.45) is 5.84 Å². The van der Waals surface area contributed by atoms with Gasteiger partial charge in [0.15, 0.2) is 5.82 Å². The van der Waals surface area contributed by atoms with Gasteiger partial charge in [-0.05, 0) is 13.3 Å². The predicted molar refractivity (Wildman–Crippen MR) is 57.1 cm³/mol. The maximum Gasteiger partial charge on any atom is 0.271 e. The molecule has 0 fully saturated rings. The minimum absolute atomic E-state index is 0.119. The van der Waals surface area contributed by atoms with Crippen molar-refractivity contribution in [1.82, 2.24) is 15.3 Å². The van der Waals surface area contributed by atoms with E-state index in [0.29, 0.717) is 5.82 Å². The highest BCUT2D eigenvalue weighted by atomic mass is 16.1. The molecule has 0 bridgehead atoms. The molecule has 4 N–H and O–H groups in total. The van der Waals surface area contributed by atoms with E-state index in [-0.39, 0.29) is 17.6 Å². The first-order chi connectivity index (χ1) is 7.17. The van der Waals surface area contributed by atoms with E-state index < -0.39 is 0 Å². The Hall–Kier alpha value is -1.69. The number of nitrogens with two attached hydrogens (primary N) is 1. The molecule has 1 heterocycles. The molecule has 1 atom stereocenters. The van der Waals surface area contributed by atoms with E-state index in [1.807, 2.05) is 13.8 Å².